The fraction of sp³-hybridized carbons (Fsp3) is 0.333. The molecule has 1 aliphatic rings. The highest BCUT2D eigenvalue weighted by molar-refractivity contribution is 7.99. The summed E-state index contributed by atoms with van der Waals surface area (Å²) in [6.07, 6.45) is 0.464. The van der Waals surface area contributed by atoms with E-state index in [2.05, 4.69) is 21.7 Å². The molecule has 8 nitrogen and oxygen atoms in total. The quantitative estimate of drug-likeness (QED) is 0.363. The smallest absolute Gasteiger partial charge is 0.233 e. The van der Waals surface area contributed by atoms with Crippen LogP contribution in [0.2, 0.25) is 0 Å². The molecule has 0 radical (unpaired) electrons. The van der Waals surface area contributed by atoms with E-state index in [0.29, 0.717) is 18.1 Å². The Morgan fingerprint density at radius 3 is 2.62 bits per heavy atom. The van der Waals surface area contributed by atoms with E-state index in [-0.39, 0.29) is 29.2 Å². The van der Waals surface area contributed by atoms with Crippen LogP contribution >= 0.6 is 11.8 Å². The van der Waals surface area contributed by atoms with Crippen LogP contribution in [0.1, 0.15) is 18.9 Å². The lowest BCUT2D eigenvalue weighted by atomic mass is 10.1. The molecule has 0 unspecified atom stereocenters. The van der Waals surface area contributed by atoms with Crippen molar-refractivity contribution in [1.29, 1.82) is 0 Å². The molecule has 1 fully saturated rings. The Labute approximate surface area is 202 Å². The van der Waals surface area contributed by atoms with E-state index < -0.39 is 9.84 Å². The Hall–Kier alpha value is -2.98. The predicted octanol–water partition coefficient (Wildman–Crippen LogP) is 3.31. The van der Waals surface area contributed by atoms with Crippen LogP contribution in [0.4, 0.5) is 0 Å². The normalized spacial score (nSPS) is 17.4. The van der Waals surface area contributed by atoms with Crippen LogP contribution in [0, 0.1) is 0 Å². The van der Waals surface area contributed by atoms with E-state index in [1.54, 1.807) is 4.90 Å². The number of benzene rings is 2. The molecule has 1 aliphatic heterocycles. The molecule has 1 amide bonds. The van der Waals surface area contributed by atoms with Gasteiger partial charge < -0.3 is 9.47 Å². The van der Waals surface area contributed by atoms with Crippen LogP contribution in [0.5, 0.6) is 0 Å². The highest BCUT2D eigenvalue weighted by atomic mass is 32.2. The van der Waals surface area contributed by atoms with E-state index >= 15 is 0 Å². The minimum absolute atomic E-state index is 0.0108. The SMILES string of the molecule is CCn1c2ccccc2c2nnc(SCC(=O)N(Cc3ccccc3)[C@@H]3CCS(=O)(=O)C3)nc21. The predicted molar refractivity (Wildman–Crippen MR) is 133 cm³/mol. The fourth-order valence-electron chi connectivity index (χ4n) is 4.50. The summed E-state index contributed by atoms with van der Waals surface area (Å²) >= 11 is 1.23. The lowest BCUT2D eigenvalue weighted by Gasteiger charge is -2.28. The standard InChI is InChI=1S/C24H25N5O3S2/c1-2-28-20-11-7-6-10-19(20)22-23(28)25-24(27-26-22)33-15-21(30)29(14-17-8-4-3-5-9-17)18-12-13-34(31,32)16-18/h3-11,18H,2,12-16H2,1H3/t18-/m1/s1. The van der Waals surface area contributed by atoms with Crippen molar-refractivity contribution in [3.63, 3.8) is 0 Å². The molecule has 0 spiro atoms. The number of fused-ring (bicyclic) bond motifs is 3. The van der Waals surface area contributed by atoms with Crippen molar-refractivity contribution in [1.82, 2.24) is 24.6 Å². The molecule has 5 rings (SSSR count). The Morgan fingerprint density at radius 1 is 1.12 bits per heavy atom. The second kappa shape index (κ2) is 9.34. The Kier molecular flexibility index (Phi) is 6.26. The number of hydrogen-bond acceptors (Lipinski definition) is 7. The van der Waals surface area contributed by atoms with Gasteiger partial charge in [0, 0.05) is 24.5 Å². The van der Waals surface area contributed by atoms with Crippen molar-refractivity contribution in [2.24, 2.45) is 0 Å². The molecule has 176 valence electrons. The van der Waals surface area contributed by atoms with Gasteiger partial charge in [0.25, 0.3) is 0 Å². The van der Waals surface area contributed by atoms with Crippen LogP contribution in [0.3, 0.4) is 0 Å². The third-order valence-corrected chi connectivity index (χ3v) is 8.73. The van der Waals surface area contributed by atoms with E-state index in [9.17, 15) is 13.2 Å². The Balaban J connectivity index is 1.38. The number of sulfone groups is 1. The van der Waals surface area contributed by atoms with Crippen molar-refractivity contribution >= 4 is 49.6 Å². The summed E-state index contributed by atoms with van der Waals surface area (Å²) in [4.78, 5) is 19.7. The number of nitrogens with zero attached hydrogens (tertiary/aromatic N) is 5. The minimum Gasteiger partial charge on any atom is -0.334 e. The fourth-order valence-corrected chi connectivity index (χ4v) is 6.90. The molecule has 0 aliphatic carbocycles. The monoisotopic (exact) mass is 495 g/mol. The van der Waals surface area contributed by atoms with E-state index in [1.165, 1.54) is 11.8 Å². The highest BCUT2D eigenvalue weighted by Gasteiger charge is 2.34. The molecule has 10 heteroatoms. The summed E-state index contributed by atoms with van der Waals surface area (Å²) in [6, 6.07) is 17.3. The van der Waals surface area contributed by atoms with Crippen LogP contribution < -0.4 is 0 Å². The van der Waals surface area contributed by atoms with Gasteiger partial charge in [-0.05, 0) is 25.0 Å². The third kappa shape index (κ3) is 4.52. The van der Waals surface area contributed by atoms with E-state index in [1.807, 2.05) is 54.6 Å². The summed E-state index contributed by atoms with van der Waals surface area (Å²) in [6.45, 7) is 3.18. The molecule has 2 aromatic heterocycles. The summed E-state index contributed by atoms with van der Waals surface area (Å²) in [5.41, 5.74) is 3.51. The van der Waals surface area contributed by atoms with Gasteiger partial charge in [-0.2, -0.15) is 0 Å². The van der Waals surface area contributed by atoms with E-state index in [0.717, 1.165) is 34.2 Å². The molecule has 0 saturated carbocycles. The van der Waals surface area contributed by atoms with Crippen LogP contribution in [-0.2, 0) is 27.7 Å². The van der Waals surface area contributed by atoms with Crippen molar-refractivity contribution < 1.29 is 13.2 Å². The lowest BCUT2D eigenvalue weighted by Crippen LogP contribution is -2.41. The number of amides is 1. The topological polar surface area (TPSA) is 98.0 Å². The zero-order chi connectivity index (χ0) is 23.7. The zero-order valence-electron chi connectivity index (χ0n) is 18.8. The maximum atomic E-state index is 13.3. The average Bonchev–Trinajstić information content (AvgIpc) is 3.37. The number of carbonyl (C=O) groups excluding carboxylic acids is 1. The van der Waals surface area contributed by atoms with Gasteiger partial charge in [0.1, 0.15) is 5.52 Å². The largest absolute Gasteiger partial charge is 0.334 e. The number of aryl methyl sites for hydroxylation is 1. The minimum atomic E-state index is -3.12. The van der Waals surface area contributed by atoms with Gasteiger partial charge in [0.15, 0.2) is 15.5 Å². The van der Waals surface area contributed by atoms with Gasteiger partial charge in [-0.25, -0.2) is 13.4 Å². The van der Waals surface area contributed by atoms with Crippen molar-refractivity contribution in [2.45, 2.75) is 37.6 Å². The number of rotatable bonds is 7. The van der Waals surface area contributed by atoms with Gasteiger partial charge >= 0.3 is 0 Å². The number of para-hydroxylation sites is 1. The third-order valence-electron chi connectivity index (χ3n) is 6.16. The average molecular weight is 496 g/mol. The van der Waals surface area contributed by atoms with Gasteiger partial charge in [0.2, 0.25) is 11.1 Å². The first-order chi connectivity index (χ1) is 16.4. The van der Waals surface area contributed by atoms with Crippen LogP contribution in [-0.4, -0.2) is 62.3 Å². The maximum absolute atomic E-state index is 13.3. The van der Waals surface area contributed by atoms with Gasteiger partial charge in [-0.15, -0.1) is 10.2 Å². The molecular weight excluding hydrogens is 470 g/mol. The van der Waals surface area contributed by atoms with Crippen molar-refractivity contribution in [3.8, 4) is 0 Å². The van der Waals surface area contributed by atoms with Gasteiger partial charge in [0.05, 0.1) is 22.8 Å². The zero-order valence-corrected chi connectivity index (χ0v) is 20.4. The molecule has 4 aromatic rings. The second-order valence-corrected chi connectivity index (χ2v) is 11.6. The molecular formula is C24H25N5O3S2. The van der Waals surface area contributed by atoms with Crippen LogP contribution in [0.15, 0.2) is 59.8 Å². The molecule has 3 heterocycles. The molecule has 1 atom stereocenters. The first-order valence-corrected chi connectivity index (χ1v) is 14.0. The van der Waals surface area contributed by atoms with Gasteiger partial charge in [-0.3, -0.25) is 4.79 Å². The first kappa shape index (κ1) is 22.8. The Bertz CT molecular complexity index is 1450. The number of carbonyl (C=O) groups is 1. The molecule has 0 N–H and O–H groups in total. The van der Waals surface area contributed by atoms with Gasteiger partial charge in [-0.1, -0.05) is 60.3 Å². The van der Waals surface area contributed by atoms with Crippen molar-refractivity contribution in [3.05, 3.63) is 60.2 Å². The summed E-state index contributed by atoms with van der Waals surface area (Å²) in [7, 11) is -3.12. The van der Waals surface area contributed by atoms with Crippen LogP contribution in [0.25, 0.3) is 22.1 Å². The number of thioether (sulfide) groups is 1. The summed E-state index contributed by atoms with van der Waals surface area (Å²) in [5.74, 6) is 0.115. The maximum Gasteiger partial charge on any atom is 0.233 e. The molecule has 1 saturated heterocycles. The highest BCUT2D eigenvalue weighted by Crippen LogP contribution is 2.27. The molecule has 2 aromatic carbocycles. The second-order valence-electron chi connectivity index (χ2n) is 8.38. The Morgan fingerprint density at radius 2 is 1.88 bits per heavy atom. The number of aromatic nitrogens is 4. The van der Waals surface area contributed by atoms with Crippen molar-refractivity contribution in [2.75, 3.05) is 17.3 Å². The summed E-state index contributed by atoms with van der Waals surface area (Å²) < 4.78 is 26.3. The molecule has 34 heavy (non-hydrogen) atoms. The molecule has 0 bridgehead atoms. The number of hydrogen-bond donors (Lipinski definition) is 0. The summed E-state index contributed by atoms with van der Waals surface area (Å²) in [5, 5.41) is 10.1. The van der Waals surface area contributed by atoms with E-state index in [4.69, 9.17) is 4.98 Å². The lowest BCUT2D eigenvalue weighted by molar-refractivity contribution is -0.130. The first-order valence-electron chi connectivity index (χ1n) is 11.2.